The van der Waals surface area contributed by atoms with Crippen LogP contribution in [0.15, 0.2) is 33.9 Å². The van der Waals surface area contributed by atoms with Crippen LogP contribution in [0.2, 0.25) is 0 Å². The zero-order valence-corrected chi connectivity index (χ0v) is 16.7. The molecule has 0 aliphatic rings. The molecule has 0 aliphatic heterocycles. The van der Waals surface area contributed by atoms with Gasteiger partial charge in [-0.1, -0.05) is 19.4 Å². The van der Waals surface area contributed by atoms with E-state index in [2.05, 4.69) is 15.0 Å². The molecule has 0 atom stereocenters. The minimum absolute atomic E-state index is 0.00943. The molecular formula is C19H25N5O5. The number of aromatic nitrogens is 2. The largest absolute Gasteiger partial charge is 0.465 e. The summed E-state index contributed by atoms with van der Waals surface area (Å²) in [6.07, 6.45) is 1.57. The van der Waals surface area contributed by atoms with E-state index in [-0.39, 0.29) is 18.1 Å². The number of H-pyrrole nitrogens is 1. The fourth-order valence-corrected chi connectivity index (χ4v) is 2.82. The van der Waals surface area contributed by atoms with Crippen molar-refractivity contribution in [1.29, 1.82) is 0 Å². The van der Waals surface area contributed by atoms with Crippen molar-refractivity contribution in [2.24, 2.45) is 0 Å². The number of anilines is 3. The highest BCUT2D eigenvalue weighted by molar-refractivity contribution is 5.96. The number of aromatic amines is 1. The Hall–Kier alpha value is -3.56. The number of nitrogen functional groups attached to an aromatic ring is 1. The molecule has 2 aromatic rings. The van der Waals surface area contributed by atoms with Crippen LogP contribution in [0.25, 0.3) is 0 Å². The molecule has 0 fully saturated rings. The third kappa shape index (κ3) is 5.24. The number of hydrogen-bond donors (Lipinski definition) is 3. The van der Waals surface area contributed by atoms with Crippen LogP contribution in [-0.2, 0) is 16.1 Å². The third-order valence-electron chi connectivity index (χ3n) is 4.28. The monoisotopic (exact) mass is 403 g/mol. The minimum atomic E-state index is -0.664. The highest BCUT2D eigenvalue weighted by Crippen LogP contribution is 2.16. The molecule has 1 amide bonds. The quantitative estimate of drug-likeness (QED) is 0.553. The second-order valence-electron chi connectivity index (χ2n) is 6.47. The third-order valence-corrected chi connectivity index (χ3v) is 4.28. The number of hydrogen-bond acceptors (Lipinski definition) is 7. The Bertz CT molecular complexity index is 1010. The Kier molecular flexibility index (Phi) is 7.18. The molecule has 1 aromatic carbocycles. The predicted octanol–water partition coefficient (Wildman–Crippen LogP) is 0.780. The smallest absolute Gasteiger partial charge is 0.337 e. The molecule has 10 heteroatoms. The van der Waals surface area contributed by atoms with Gasteiger partial charge in [0.25, 0.3) is 5.56 Å². The fraction of sp³-hybridized carbons (Fsp3) is 0.368. The van der Waals surface area contributed by atoms with Gasteiger partial charge in [-0.05, 0) is 24.6 Å². The van der Waals surface area contributed by atoms with E-state index in [0.29, 0.717) is 17.8 Å². The molecule has 0 bridgehead atoms. The lowest BCUT2D eigenvalue weighted by Crippen LogP contribution is -2.39. The first-order valence-electron chi connectivity index (χ1n) is 9.10. The van der Waals surface area contributed by atoms with Gasteiger partial charge in [0.1, 0.15) is 11.5 Å². The van der Waals surface area contributed by atoms with Gasteiger partial charge in [0.2, 0.25) is 5.91 Å². The molecule has 0 saturated carbocycles. The summed E-state index contributed by atoms with van der Waals surface area (Å²) in [6.45, 7) is 2.15. The van der Waals surface area contributed by atoms with Crippen molar-refractivity contribution in [3.63, 3.8) is 0 Å². The highest BCUT2D eigenvalue weighted by atomic mass is 16.5. The standard InChI is InChI=1S/C19H25N5O5/c1-4-5-9-24-16(20)15(17(26)22-19(24)28)23(2)11-14(25)21-13-8-6-7-12(10-13)18(27)29-3/h6-8,10H,4-5,9,11,20H2,1-3H3,(H,21,25)(H,22,26,28). The van der Waals surface area contributed by atoms with E-state index in [9.17, 15) is 19.2 Å². The van der Waals surface area contributed by atoms with Gasteiger partial charge < -0.3 is 20.7 Å². The first-order valence-corrected chi connectivity index (χ1v) is 9.10. The van der Waals surface area contributed by atoms with Gasteiger partial charge in [-0.25, -0.2) is 9.59 Å². The maximum absolute atomic E-state index is 12.4. The first kappa shape index (κ1) is 21.7. The van der Waals surface area contributed by atoms with Gasteiger partial charge in [0.05, 0.1) is 19.2 Å². The summed E-state index contributed by atoms with van der Waals surface area (Å²) < 4.78 is 5.94. The van der Waals surface area contributed by atoms with Crippen molar-refractivity contribution in [2.75, 3.05) is 36.7 Å². The Balaban J connectivity index is 2.19. The summed E-state index contributed by atoms with van der Waals surface area (Å²) >= 11 is 0. The van der Waals surface area contributed by atoms with Gasteiger partial charge >= 0.3 is 11.7 Å². The van der Waals surface area contributed by atoms with Crippen molar-refractivity contribution in [2.45, 2.75) is 26.3 Å². The number of nitrogens with one attached hydrogen (secondary N) is 2. The zero-order valence-electron chi connectivity index (χ0n) is 16.7. The average molecular weight is 403 g/mol. The van der Waals surface area contributed by atoms with Crippen molar-refractivity contribution in [3.8, 4) is 0 Å². The average Bonchev–Trinajstić information content (AvgIpc) is 2.67. The maximum Gasteiger partial charge on any atom is 0.337 e. The number of benzene rings is 1. The lowest BCUT2D eigenvalue weighted by atomic mass is 10.2. The van der Waals surface area contributed by atoms with Gasteiger partial charge in [-0.3, -0.25) is 19.1 Å². The summed E-state index contributed by atoms with van der Waals surface area (Å²) in [4.78, 5) is 51.9. The van der Waals surface area contributed by atoms with E-state index in [0.717, 1.165) is 12.8 Å². The number of amides is 1. The number of esters is 1. The lowest BCUT2D eigenvalue weighted by molar-refractivity contribution is -0.114. The number of nitrogens with two attached hydrogens (primary N) is 1. The van der Waals surface area contributed by atoms with Crippen LogP contribution in [0.1, 0.15) is 30.1 Å². The van der Waals surface area contributed by atoms with Crippen LogP contribution in [0, 0.1) is 0 Å². The highest BCUT2D eigenvalue weighted by Gasteiger charge is 2.18. The number of nitrogens with zero attached hydrogens (tertiary/aromatic N) is 2. The Morgan fingerprint density at radius 2 is 2.03 bits per heavy atom. The number of likely N-dealkylation sites (N-methyl/N-ethyl adjacent to an activating group) is 1. The van der Waals surface area contributed by atoms with Gasteiger partial charge in [-0.2, -0.15) is 0 Å². The van der Waals surface area contributed by atoms with E-state index in [4.69, 9.17) is 5.73 Å². The number of rotatable bonds is 8. The molecule has 0 aliphatic carbocycles. The molecule has 10 nitrogen and oxygen atoms in total. The lowest BCUT2D eigenvalue weighted by Gasteiger charge is -2.21. The van der Waals surface area contributed by atoms with Crippen molar-refractivity contribution >= 4 is 29.1 Å². The molecule has 156 valence electrons. The predicted molar refractivity (Wildman–Crippen MR) is 110 cm³/mol. The number of methoxy groups -OCH3 is 1. The number of carbonyl (C=O) groups excluding carboxylic acids is 2. The maximum atomic E-state index is 12.4. The Labute approximate surface area is 167 Å². The molecule has 0 unspecified atom stereocenters. The molecule has 1 heterocycles. The molecule has 0 radical (unpaired) electrons. The van der Waals surface area contributed by atoms with Crippen molar-refractivity contribution in [1.82, 2.24) is 9.55 Å². The number of ether oxygens (including phenoxy) is 1. The number of unbranched alkanes of at least 4 members (excludes halogenated alkanes) is 1. The second kappa shape index (κ2) is 9.58. The second-order valence-corrected chi connectivity index (χ2v) is 6.47. The zero-order chi connectivity index (χ0) is 21.6. The van der Waals surface area contributed by atoms with Crippen LogP contribution in [0.5, 0.6) is 0 Å². The summed E-state index contributed by atoms with van der Waals surface area (Å²) in [5.74, 6) is -0.943. The van der Waals surface area contributed by atoms with Crippen LogP contribution in [0.4, 0.5) is 17.2 Å². The summed E-state index contributed by atoms with van der Waals surface area (Å²) in [6, 6.07) is 6.28. The van der Waals surface area contributed by atoms with Crippen LogP contribution >= 0.6 is 0 Å². The molecule has 2 rings (SSSR count). The van der Waals surface area contributed by atoms with Crippen LogP contribution in [0.3, 0.4) is 0 Å². The summed E-state index contributed by atoms with van der Waals surface area (Å²) in [5.41, 5.74) is 5.54. The fourth-order valence-electron chi connectivity index (χ4n) is 2.82. The summed E-state index contributed by atoms with van der Waals surface area (Å²) in [5, 5.41) is 2.65. The Morgan fingerprint density at radius 1 is 1.31 bits per heavy atom. The molecular weight excluding hydrogens is 378 g/mol. The van der Waals surface area contributed by atoms with E-state index in [1.54, 1.807) is 18.2 Å². The molecule has 4 N–H and O–H groups in total. The SMILES string of the molecule is CCCCn1c(N)c(N(C)CC(=O)Nc2cccc(C(=O)OC)c2)c(=O)[nH]c1=O. The van der Waals surface area contributed by atoms with E-state index < -0.39 is 23.1 Å². The Morgan fingerprint density at radius 3 is 2.69 bits per heavy atom. The van der Waals surface area contributed by atoms with Crippen molar-refractivity contribution < 1.29 is 14.3 Å². The number of carbonyl (C=O) groups is 2. The molecule has 0 saturated heterocycles. The molecule has 29 heavy (non-hydrogen) atoms. The van der Waals surface area contributed by atoms with Gasteiger partial charge in [0.15, 0.2) is 0 Å². The van der Waals surface area contributed by atoms with E-state index in [1.807, 2.05) is 6.92 Å². The van der Waals surface area contributed by atoms with E-state index >= 15 is 0 Å². The van der Waals surface area contributed by atoms with Gasteiger partial charge in [0, 0.05) is 19.3 Å². The van der Waals surface area contributed by atoms with Crippen LogP contribution in [-0.4, -0.2) is 42.1 Å². The van der Waals surface area contributed by atoms with Crippen molar-refractivity contribution in [3.05, 3.63) is 50.7 Å². The minimum Gasteiger partial charge on any atom is -0.465 e. The van der Waals surface area contributed by atoms with Crippen LogP contribution < -0.4 is 27.2 Å². The first-order chi connectivity index (χ1) is 13.8. The summed E-state index contributed by atoms with van der Waals surface area (Å²) in [7, 11) is 2.80. The van der Waals surface area contributed by atoms with Gasteiger partial charge in [-0.15, -0.1) is 0 Å². The molecule has 1 aromatic heterocycles. The topological polar surface area (TPSA) is 140 Å². The molecule has 0 spiro atoms. The van der Waals surface area contributed by atoms with E-state index in [1.165, 1.54) is 29.7 Å². The normalized spacial score (nSPS) is 10.4.